The number of aryl methyl sites for hydroxylation is 1. The molecule has 1 atom stereocenters. The van der Waals surface area contributed by atoms with E-state index in [1.165, 1.54) is 0 Å². The van der Waals surface area contributed by atoms with Gasteiger partial charge >= 0.3 is 0 Å². The number of benzene rings is 1. The highest BCUT2D eigenvalue weighted by Crippen LogP contribution is 2.17. The monoisotopic (exact) mass is 291 g/mol. The fourth-order valence-electron chi connectivity index (χ4n) is 1.79. The molecule has 0 amide bonds. The van der Waals surface area contributed by atoms with Gasteiger partial charge in [0.2, 0.25) is 0 Å². The highest BCUT2D eigenvalue weighted by Gasteiger charge is 2.02. The molecule has 3 N–H and O–H groups in total. The molecule has 0 bridgehead atoms. The largest absolute Gasteiger partial charge is 0.489 e. The smallest absolute Gasteiger partial charge is 0.119 e. The number of anilines is 1. The summed E-state index contributed by atoms with van der Waals surface area (Å²) in [7, 11) is 0. The van der Waals surface area contributed by atoms with E-state index in [4.69, 9.17) is 9.84 Å². The van der Waals surface area contributed by atoms with E-state index < -0.39 is 6.10 Å². The quantitative estimate of drug-likeness (QED) is 0.682. The van der Waals surface area contributed by atoms with Crippen LogP contribution in [-0.4, -0.2) is 39.2 Å². The van der Waals surface area contributed by atoms with E-state index >= 15 is 0 Å². The van der Waals surface area contributed by atoms with Gasteiger partial charge in [-0.05, 0) is 31.2 Å². The van der Waals surface area contributed by atoms with Gasteiger partial charge in [0.15, 0.2) is 0 Å². The molecule has 2 aromatic rings. The molecule has 0 aliphatic heterocycles. The number of hydrogen-bond acceptors (Lipinski definition) is 5. The Kier molecular flexibility index (Phi) is 5.59. The van der Waals surface area contributed by atoms with Crippen molar-refractivity contribution < 1.29 is 14.9 Å². The van der Waals surface area contributed by atoms with E-state index in [0.717, 1.165) is 23.5 Å². The zero-order valence-electron chi connectivity index (χ0n) is 12.1. The van der Waals surface area contributed by atoms with E-state index in [2.05, 4.69) is 10.4 Å². The van der Waals surface area contributed by atoms with Crippen molar-refractivity contribution in [3.05, 3.63) is 42.2 Å². The van der Waals surface area contributed by atoms with Gasteiger partial charge in [0.25, 0.3) is 0 Å². The number of ether oxygens (including phenoxy) is 1. The summed E-state index contributed by atoms with van der Waals surface area (Å²) in [4.78, 5) is 0. The second-order valence-electron chi connectivity index (χ2n) is 4.73. The van der Waals surface area contributed by atoms with Crippen molar-refractivity contribution in [2.45, 2.75) is 26.2 Å². The molecule has 0 saturated carbocycles. The molecular formula is C15H21N3O3. The summed E-state index contributed by atoms with van der Waals surface area (Å²) in [5.41, 5.74) is 1.90. The first-order chi connectivity index (χ1) is 10.2. The van der Waals surface area contributed by atoms with Crippen molar-refractivity contribution in [3.63, 3.8) is 0 Å². The molecule has 1 aromatic carbocycles. The Morgan fingerprint density at radius 2 is 2.10 bits per heavy atom. The molecule has 1 unspecified atom stereocenters. The zero-order valence-corrected chi connectivity index (χ0v) is 12.1. The number of rotatable bonds is 8. The van der Waals surface area contributed by atoms with Crippen LogP contribution < -0.4 is 10.1 Å². The summed E-state index contributed by atoms with van der Waals surface area (Å²) in [6.07, 6.45) is 3.01. The van der Waals surface area contributed by atoms with Crippen molar-refractivity contribution in [1.29, 1.82) is 0 Å². The van der Waals surface area contributed by atoms with Gasteiger partial charge in [0.1, 0.15) is 12.4 Å². The van der Waals surface area contributed by atoms with Crippen LogP contribution >= 0.6 is 0 Å². The summed E-state index contributed by atoms with van der Waals surface area (Å²) >= 11 is 0. The molecule has 1 aromatic heterocycles. The standard InChI is InChI=1S/C15H21N3O3/c1-2-18-9-12(7-17-18)11-21-15-5-3-13(4-6-15)16-8-14(20)10-19/h3-7,9,14,16,19-20H,2,8,10-11H2,1H3. The van der Waals surface area contributed by atoms with Crippen LogP contribution in [0.4, 0.5) is 5.69 Å². The third-order valence-electron chi connectivity index (χ3n) is 3.02. The molecule has 0 aliphatic carbocycles. The van der Waals surface area contributed by atoms with Crippen LogP contribution in [0.3, 0.4) is 0 Å². The molecule has 0 radical (unpaired) electrons. The van der Waals surface area contributed by atoms with E-state index in [-0.39, 0.29) is 6.61 Å². The minimum atomic E-state index is -0.754. The number of nitrogens with zero attached hydrogens (tertiary/aromatic N) is 2. The Labute approximate surface area is 124 Å². The van der Waals surface area contributed by atoms with Gasteiger partial charge < -0.3 is 20.3 Å². The third-order valence-corrected chi connectivity index (χ3v) is 3.02. The summed E-state index contributed by atoms with van der Waals surface area (Å²) < 4.78 is 7.54. The molecule has 0 aliphatic rings. The highest BCUT2D eigenvalue weighted by molar-refractivity contribution is 5.46. The van der Waals surface area contributed by atoms with Gasteiger partial charge in [-0.2, -0.15) is 5.10 Å². The lowest BCUT2D eigenvalue weighted by molar-refractivity contribution is 0.105. The van der Waals surface area contributed by atoms with Crippen LogP contribution in [-0.2, 0) is 13.2 Å². The van der Waals surface area contributed by atoms with Gasteiger partial charge in [-0.3, -0.25) is 4.68 Å². The number of aliphatic hydroxyl groups excluding tert-OH is 2. The SMILES string of the molecule is CCn1cc(COc2ccc(NCC(O)CO)cc2)cn1. The first kappa shape index (κ1) is 15.3. The molecule has 0 saturated heterocycles. The lowest BCUT2D eigenvalue weighted by Crippen LogP contribution is -2.22. The highest BCUT2D eigenvalue weighted by atomic mass is 16.5. The first-order valence-electron chi connectivity index (χ1n) is 6.98. The summed E-state index contributed by atoms with van der Waals surface area (Å²) in [5, 5.41) is 25.2. The van der Waals surface area contributed by atoms with Crippen LogP contribution in [0.2, 0.25) is 0 Å². The van der Waals surface area contributed by atoms with Crippen molar-refractivity contribution in [3.8, 4) is 5.75 Å². The second kappa shape index (κ2) is 7.66. The Morgan fingerprint density at radius 1 is 1.33 bits per heavy atom. The summed E-state index contributed by atoms with van der Waals surface area (Å²) in [6, 6.07) is 7.46. The molecular weight excluding hydrogens is 270 g/mol. The summed E-state index contributed by atoms with van der Waals surface area (Å²) in [6.45, 7) is 3.43. The number of aromatic nitrogens is 2. The topological polar surface area (TPSA) is 79.5 Å². The Morgan fingerprint density at radius 3 is 2.71 bits per heavy atom. The predicted octanol–water partition coefficient (Wildman–Crippen LogP) is 1.25. The lowest BCUT2D eigenvalue weighted by Gasteiger charge is -2.11. The van der Waals surface area contributed by atoms with E-state index in [1.807, 2.05) is 42.1 Å². The van der Waals surface area contributed by atoms with Crippen molar-refractivity contribution in [1.82, 2.24) is 9.78 Å². The maximum atomic E-state index is 9.26. The Bertz CT molecular complexity index is 539. The van der Waals surface area contributed by atoms with Crippen molar-refractivity contribution in [2.24, 2.45) is 0 Å². The molecule has 114 valence electrons. The zero-order chi connectivity index (χ0) is 15.1. The Hall–Kier alpha value is -2.05. The van der Waals surface area contributed by atoms with Crippen molar-refractivity contribution >= 4 is 5.69 Å². The van der Waals surface area contributed by atoms with Gasteiger partial charge in [-0.25, -0.2) is 0 Å². The summed E-state index contributed by atoms with van der Waals surface area (Å²) in [5.74, 6) is 0.771. The average molecular weight is 291 g/mol. The lowest BCUT2D eigenvalue weighted by atomic mass is 10.3. The van der Waals surface area contributed by atoms with E-state index in [1.54, 1.807) is 6.20 Å². The van der Waals surface area contributed by atoms with Crippen LogP contribution in [0.1, 0.15) is 12.5 Å². The van der Waals surface area contributed by atoms with Crippen LogP contribution in [0.25, 0.3) is 0 Å². The van der Waals surface area contributed by atoms with E-state index in [0.29, 0.717) is 13.2 Å². The molecule has 1 heterocycles. The number of hydrogen-bond donors (Lipinski definition) is 3. The average Bonchev–Trinajstić information content (AvgIpc) is 2.99. The maximum Gasteiger partial charge on any atom is 0.119 e. The normalized spacial score (nSPS) is 12.1. The van der Waals surface area contributed by atoms with Crippen LogP contribution in [0, 0.1) is 0 Å². The van der Waals surface area contributed by atoms with Crippen molar-refractivity contribution in [2.75, 3.05) is 18.5 Å². The minimum Gasteiger partial charge on any atom is -0.489 e. The van der Waals surface area contributed by atoms with Gasteiger partial charge in [-0.1, -0.05) is 0 Å². The van der Waals surface area contributed by atoms with E-state index in [9.17, 15) is 5.11 Å². The molecule has 0 fully saturated rings. The fourth-order valence-corrected chi connectivity index (χ4v) is 1.79. The van der Waals surface area contributed by atoms with Crippen LogP contribution in [0.5, 0.6) is 5.75 Å². The Balaban J connectivity index is 1.81. The van der Waals surface area contributed by atoms with Gasteiger partial charge in [0, 0.05) is 30.5 Å². The third kappa shape index (κ3) is 4.77. The fraction of sp³-hybridized carbons (Fsp3) is 0.400. The first-order valence-corrected chi connectivity index (χ1v) is 6.98. The second-order valence-corrected chi connectivity index (χ2v) is 4.73. The molecule has 2 rings (SSSR count). The predicted molar refractivity (Wildman–Crippen MR) is 80.3 cm³/mol. The molecule has 0 spiro atoms. The number of nitrogens with one attached hydrogen (secondary N) is 1. The maximum absolute atomic E-state index is 9.26. The van der Waals surface area contributed by atoms with Crippen LogP contribution in [0.15, 0.2) is 36.7 Å². The number of aliphatic hydroxyl groups is 2. The van der Waals surface area contributed by atoms with Gasteiger partial charge in [0.05, 0.1) is 18.9 Å². The minimum absolute atomic E-state index is 0.250. The molecule has 21 heavy (non-hydrogen) atoms. The molecule has 6 heteroatoms. The molecule has 6 nitrogen and oxygen atoms in total. The van der Waals surface area contributed by atoms with Gasteiger partial charge in [-0.15, -0.1) is 0 Å².